The second-order valence-corrected chi connectivity index (χ2v) is 6.18. The number of anilines is 4. The first-order valence-corrected chi connectivity index (χ1v) is 8.84. The third-order valence-electron chi connectivity index (χ3n) is 3.91. The molecule has 10 heteroatoms. The molecular formula is C20H24N8O2. The highest BCUT2D eigenvalue weighted by Gasteiger charge is 2.19. The van der Waals surface area contributed by atoms with Gasteiger partial charge in [-0.2, -0.15) is 5.26 Å². The molecule has 0 saturated heterocycles. The average Bonchev–Trinajstić information content (AvgIpc) is 2.71. The highest BCUT2D eigenvalue weighted by Crippen LogP contribution is 2.34. The van der Waals surface area contributed by atoms with Crippen LogP contribution in [0, 0.1) is 11.3 Å². The monoisotopic (exact) mass is 408 g/mol. The van der Waals surface area contributed by atoms with E-state index in [4.69, 9.17) is 21.9 Å². The van der Waals surface area contributed by atoms with Crippen LogP contribution in [-0.2, 0) is 0 Å². The summed E-state index contributed by atoms with van der Waals surface area (Å²) in [6.45, 7) is 1.73. The lowest BCUT2D eigenvalue weighted by molar-refractivity contribution is 0.0964. The molecule has 0 bridgehead atoms. The van der Waals surface area contributed by atoms with Crippen molar-refractivity contribution < 1.29 is 9.53 Å². The minimum absolute atomic E-state index is 0.0180. The van der Waals surface area contributed by atoms with Gasteiger partial charge in [-0.3, -0.25) is 4.79 Å². The maximum Gasteiger partial charge on any atom is 0.256 e. The Morgan fingerprint density at radius 3 is 2.60 bits per heavy atom. The van der Waals surface area contributed by atoms with Crippen molar-refractivity contribution >= 4 is 28.9 Å². The molecule has 0 unspecified atom stereocenters. The van der Waals surface area contributed by atoms with Crippen molar-refractivity contribution in [1.82, 2.24) is 10.3 Å². The summed E-state index contributed by atoms with van der Waals surface area (Å²) >= 11 is 0. The van der Waals surface area contributed by atoms with Gasteiger partial charge in [-0.1, -0.05) is 6.07 Å². The van der Waals surface area contributed by atoms with Gasteiger partial charge < -0.3 is 37.9 Å². The lowest BCUT2D eigenvalue weighted by Gasteiger charge is -2.17. The van der Waals surface area contributed by atoms with Gasteiger partial charge in [0.1, 0.15) is 29.1 Å². The van der Waals surface area contributed by atoms with Crippen LogP contribution in [0.3, 0.4) is 0 Å². The van der Waals surface area contributed by atoms with Gasteiger partial charge in [-0.15, -0.1) is 0 Å². The molecule has 0 atom stereocenters. The van der Waals surface area contributed by atoms with Gasteiger partial charge in [0.25, 0.3) is 5.91 Å². The first-order valence-electron chi connectivity index (χ1n) is 8.84. The summed E-state index contributed by atoms with van der Waals surface area (Å²) in [4.78, 5) is 16.6. The zero-order chi connectivity index (χ0) is 22.3. The quantitative estimate of drug-likeness (QED) is 0.372. The molecule has 0 fully saturated rings. The average molecular weight is 408 g/mol. The van der Waals surface area contributed by atoms with Gasteiger partial charge in [0, 0.05) is 18.8 Å². The lowest BCUT2D eigenvalue weighted by Crippen LogP contribution is -2.22. The number of nitriles is 1. The summed E-state index contributed by atoms with van der Waals surface area (Å²) in [5.74, 6) is 0.449. The number of allylic oxidation sites excluding steroid dienone is 3. The van der Waals surface area contributed by atoms with Gasteiger partial charge in [-0.25, -0.2) is 4.98 Å². The standard InChI is InChI=1S/C20H24N8O2/c1-11(22)7-8-15(23)27-16-9-14(17(19(24)28-16)20(29)25-2)26-13-6-4-5-12(10-21)18(13)30-3/h4-9H,22-23H2,1-3H3,(H,25,29)(H4,24,26,27,28)/b11-7-,15-8+. The molecule has 0 spiro atoms. The maximum atomic E-state index is 12.4. The number of pyridine rings is 1. The van der Waals surface area contributed by atoms with Crippen LogP contribution in [0.1, 0.15) is 22.8 Å². The first-order chi connectivity index (χ1) is 14.3. The fourth-order valence-electron chi connectivity index (χ4n) is 2.59. The Labute approximate surface area is 174 Å². The second-order valence-electron chi connectivity index (χ2n) is 6.18. The largest absolute Gasteiger partial charge is 0.493 e. The zero-order valence-electron chi connectivity index (χ0n) is 16.9. The molecule has 0 aliphatic heterocycles. The third kappa shape index (κ3) is 5.11. The van der Waals surface area contributed by atoms with E-state index in [9.17, 15) is 10.1 Å². The van der Waals surface area contributed by atoms with Gasteiger partial charge in [0.2, 0.25) is 0 Å². The Bertz CT molecular complexity index is 1050. The molecule has 1 heterocycles. The first kappa shape index (κ1) is 21.9. The van der Waals surface area contributed by atoms with Crippen molar-refractivity contribution in [3.8, 4) is 11.8 Å². The summed E-state index contributed by atoms with van der Waals surface area (Å²) in [6, 6.07) is 8.65. The van der Waals surface area contributed by atoms with Crippen LogP contribution in [0.4, 0.5) is 23.0 Å². The number of nitrogen functional groups attached to an aromatic ring is 1. The molecule has 2 rings (SSSR count). The number of methoxy groups -OCH3 is 1. The predicted octanol–water partition coefficient (Wildman–Crippen LogP) is 1.72. The van der Waals surface area contributed by atoms with Crippen LogP contribution in [0.15, 0.2) is 47.9 Å². The molecule has 2 aromatic rings. The minimum atomic E-state index is -0.436. The van der Waals surface area contributed by atoms with Crippen LogP contribution >= 0.6 is 0 Å². The number of hydrogen-bond acceptors (Lipinski definition) is 9. The molecule has 30 heavy (non-hydrogen) atoms. The number of carbonyl (C=O) groups excluding carboxylic acids is 1. The van der Waals surface area contributed by atoms with Crippen molar-refractivity contribution in [2.24, 2.45) is 11.5 Å². The summed E-state index contributed by atoms with van der Waals surface area (Å²) < 4.78 is 5.35. The predicted molar refractivity (Wildman–Crippen MR) is 117 cm³/mol. The molecule has 1 aromatic heterocycles. The number of benzene rings is 1. The Hall–Kier alpha value is -4.39. The number of amides is 1. The van der Waals surface area contributed by atoms with E-state index < -0.39 is 5.91 Å². The van der Waals surface area contributed by atoms with Crippen molar-refractivity contribution in [1.29, 1.82) is 5.26 Å². The molecule has 1 amide bonds. The number of para-hydroxylation sites is 1. The summed E-state index contributed by atoms with van der Waals surface area (Å²) in [5.41, 5.74) is 19.4. The molecule has 10 nitrogen and oxygen atoms in total. The fourth-order valence-corrected chi connectivity index (χ4v) is 2.59. The normalized spacial score (nSPS) is 11.4. The van der Waals surface area contributed by atoms with E-state index in [1.807, 2.05) is 0 Å². The molecule has 1 aromatic carbocycles. The summed E-state index contributed by atoms with van der Waals surface area (Å²) in [5, 5.41) is 17.8. The Morgan fingerprint density at radius 1 is 1.27 bits per heavy atom. The number of nitrogens with two attached hydrogens (primary N) is 3. The number of hydrogen-bond donors (Lipinski definition) is 6. The molecule has 0 radical (unpaired) electrons. The van der Waals surface area contributed by atoms with Crippen LogP contribution in [0.25, 0.3) is 0 Å². The van der Waals surface area contributed by atoms with Crippen molar-refractivity contribution in [2.45, 2.75) is 6.92 Å². The maximum absolute atomic E-state index is 12.4. The van der Waals surface area contributed by atoms with E-state index in [1.165, 1.54) is 14.2 Å². The Balaban J connectivity index is 2.55. The zero-order valence-corrected chi connectivity index (χ0v) is 16.9. The topological polar surface area (TPSA) is 177 Å². The number of nitrogens with zero attached hydrogens (tertiary/aromatic N) is 2. The molecule has 9 N–H and O–H groups in total. The lowest BCUT2D eigenvalue weighted by atomic mass is 10.1. The van der Waals surface area contributed by atoms with Crippen LogP contribution < -0.4 is 37.9 Å². The number of nitrogens with one attached hydrogen (secondary N) is 3. The van der Waals surface area contributed by atoms with Crippen LogP contribution in [0.2, 0.25) is 0 Å². The van der Waals surface area contributed by atoms with Crippen LogP contribution in [0.5, 0.6) is 5.75 Å². The van der Waals surface area contributed by atoms with Crippen molar-refractivity contribution in [2.75, 3.05) is 30.5 Å². The Kier molecular flexibility index (Phi) is 7.08. The van der Waals surface area contributed by atoms with E-state index >= 15 is 0 Å². The summed E-state index contributed by atoms with van der Waals surface area (Å²) in [6.07, 6.45) is 3.20. The number of carbonyl (C=O) groups is 1. The smallest absolute Gasteiger partial charge is 0.256 e. The van der Waals surface area contributed by atoms with Crippen LogP contribution in [-0.4, -0.2) is 25.0 Å². The number of rotatable bonds is 7. The molecule has 156 valence electrons. The molecule has 0 aliphatic carbocycles. The van der Waals surface area contributed by atoms with E-state index in [1.54, 1.807) is 43.3 Å². The highest BCUT2D eigenvalue weighted by atomic mass is 16.5. The van der Waals surface area contributed by atoms with Gasteiger partial charge in [0.05, 0.1) is 24.0 Å². The van der Waals surface area contributed by atoms with Crippen molar-refractivity contribution in [3.05, 3.63) is 59.1 Å². The highest BCUT2D eigenvalue weighted by molar-refractivity contribution is 6.05. The van der Waals surface area contributed by atoms with Gasteiger partial charge in [0.15, 0.2) is 5.75 Å². The van der Waals surface area contributed by atoms with E-state index in [0.29, 0.717) is 34.2 Å². The van der Waals surface area contributed by atoms with E-state index in [2.05, 4.69) is 27.0 Å². The number of ether oxygens (including phenoxy) is 1. The summed E-state index contributed by atoms with van der Waals surface area (Å²) in [7, 11) is 2.93. The number of aromatic nitrogens is 1. The molecular weight excluding hydrogens is 384 g/mol. The second kappa shape index (κ2) is 9.70. The van der Waals surface area contributed by atoms with Crippen molar-refractivity contribution in [3.63, 3.8) is 0 Å². The van der Waals surface area contributed by atoms with E-state index in [0.717, 1.165) is 0 Å². The van der Waals surface area contributed by atoms with Gasteiger partial charge in [-0.05, 0) is 31.2 Å². The molecule has 0 aliphatic rings. The Morgan fingerprint density at radius 2 is 2.00 bits per heavy atom. The van der Waals surface area contributed by atoms with Gasteiger partial charge >= 0.3 is 0 Å². The molecule has 0 saturated carbocycles. The third-order valence-corrected chi connectivity index (χ3v) is 3.91. The minimum Gasteiger partial charge on any atom is -0.493 e. The fraction of sp³-hybridized carbons (Fsp3) is 0.150. The SMILES string of the molecule is CNC(=O)c1c(Nc2cccc(C#N)c2OC)cc(N/C(N)=C/C=C(/C)N)nc1N. The van der Waals surface area contributed by atoms with E-state index in [-0.39, 0.29) is 17.2 Å².